The van der Waals surface area contributed by atoms with Crippen LogP contribution in [0.25, 0.3) is 0 Å². The Kier molecular flexibility index (Phi) is 4.03. The van der Waals surface area contributed by atoms with Crippen LogP contribution in [0.5, 0.6) is 0 Å². The molecule has 1 aliphatic rings. The number of piperidine rings is 1. The minimum atomic E-state index is -0.871. The van der Waals surface area contributed by atoms with E-state index in [1.54, 1.807) is 11.1 Å². The zero-order valence-corrected chi connectivity index (χ0v) is 13.0. The SMILES string of the molecule is Cc1ccc(C2C(C(=O)O)CCC(=O)N2C(C)(C)C)nc1. The van der Waals surface area contributed by atoms with E-state index in [4.69, 9.17) is 0 Å². The first-order chi connectivity index (χ1) is 9.71. The highest BCUT2D eigenvalue weighted by Crippen LogP contribution is 2.40. The van der Waals surface area contributed by atoms with Crippen molar-refractivity contribution in [2.45, 2.75) is 52.1 Å². The first-order valence-electron chi connectivity index (χ1n) is 7.19. The molecule has 114 valence electrons. The van der Waals surface area contributed by atoms with Gasteiger partial charge in [0.2, 0.25) is 5.91 Å². The van der Waals surface area contributed by atoms with E-state index in [1.165, 1.54) is 0 Å². The van der Waals surface area contributed by atoms with Crippen molar-refractivity contribution in [1.82, 2.24) is 9.88 Å². The third-order valence-electron chi connectivity index (χ3n) is 3.87. The Balaban J connectivity index is 2.51. The number of rotatable bonds is 2. The number of nitrogens with zero attached hydrogens (tertiary/aromatic N) is 2. The largest absolute Gasteiger partial charge is 0.481 e. The van der Waals surface area contributed by atoms with Gasteiger partial charge in [0.15, 0.2) is 0 Å². The first-order valence-corrected chi connectivity index (χ1v) is 7.19. The van der Waals surface area contributed by atoms with Gasteiger partial charge >= 0.3 is 5.97 Å². The maximum absolute atomic E-state index is 12.4. The number of carboxylic acid groups (broad SMARTS) is 1. The normalized spacial score (nSPS) is 23.2. The van der Waals surface area contributed by atoms with Gasteiger partial charge in [0.1, 0.15) is 0 Å². The molecule has 1 aromatic heterocycles. The van der Waals surface area contributed by atoms with E-state index in [2.05, 4.69) is 4.98 Å². The molecule has 5 nitrogen and oxygen atoms in total. The molecule has 0 saturated carbocycles. The number of likely N-dealkylation sites (tertiary alicyclic amines) is 1. The van der Waals surface area contributed by atoms with Gasteiger partial charge in [-0.2, -0.15) is 0 Å². The molecule has 2 atom stereocenters. The predicted molar refractivity (Wildman–Crippen MR) is 78.7 cm³/mol. The molecule has 0 aromatic carbocycles. The Morgan fingerprint density at radius 2 is 2.05 bits per heavy atom. The third kappa shape index (κ3) is 3.06. The maximum atomic E-state index is 12.4. The monoisotopic (exact) mass is 290 g/mol. The van der Waals surface area contributed by atoms with Gasteiger partial charge in [-0.05, 0) is 45.7 Å². The van der Waals surface area contributed by atoms with Gasteiger partial charge in [0.05, 0.1) is 17.7 Å². The zero-order valence-electron chi connectivity index (χ0n) is 13.0. The lowest BCUT2D eigenvalue weighted by molar-refractivity contribution is -0.156. The summed E-state index contributed by atoms with van der Waals surface area (Å²) in [5, 5.41) is 9.53. The van der Waals surface area contributed by atoms with Crippen LogP contribution in [0, 0.1) is 12.8 Å². The average molecular weight is 290 g/mol. The van der Waals surface area contributed by atoms with Gasteiger partial charge in [-0.25, -0.2) is 0 Å². The molecule has 0 bridgehead atoms. The zero-order chi connectivity index (χ0) is 15.8. The van der Waals surface area contributed by atoms with Crippen LogP contribution in [0.15, 0.2) is 18.3 Å². The van der Waals surface area contributed by atoms with Crippen molar-refractivity contribution >= 4 is 11.9 Å². The van der Waals surface area contributed by atoms with Crippen LogP contribution >= 0.6 is 0 Å². The van der Waals surface area contributed by atoms with E-state index in [9.17, 15) is 14.7 Å². The minimum Gasteiger partial charge on any atom is -0.481 e. The van der Waals surface area contributed by atoms with E-state index in [1.807, 2.05) is 39.8 Å². The number of pyridine rings is 1. The number of aryl methyl sites for hydroxylation is 1. The number of carbonyl (C=O) groups is 2. The number of hydrogen-bond acceptors (Lipinski definition) is 3. The van der Waals surface area contributed by atoms with Crippen LogP contribution in [-0.4, -0.2) is 32.4 Å². The van der Waals surface area contributed by atoms with Crippen LogP contribution < -0.4 is 0 Å². The minimum absolute atomic E-state index is 0.00706. The number of amides is 1. The molecule has 1 aromatic rings. The number of aliphatic carboxylic acids is 1. The second-order valence-corrected chi connectivity index (χ2v) is 6.62. The topological polar surface area (TPSA) is 70.5 Å². The standard InChI is InChI=1S/C16H22N2O3/c1-10-5-7-12(17-9-10)14-11(15(20)21)6-8-13(19)18(14)16(2,3)4/h5,7,9,11,14H,6,8H2,1-4H3,(H,20,21). The van der Waals surface area contributed by atoms with E-state index < -0.39 is 23.5 Å². The van der Waals surface area contributed by atoms with E-state index in [0.717, 1.165) is 5.56 Å². The summed E-state index contributed by atoms with van der Waals surface area (Å²) in [7, 11) is 0. The van der Waals surface area contributed by atoms with Gasteiger partial charge < -0.3 is 10.0 Å². The lowest BCUT2D eigenvalue weighted by atomic mass is 9.83. The van der Waals surface area contributed by atoms with Gasteiger partial charge in [-0.15, -0.1) is 0 Å². The Hall–Kier alpha value is -1.91. The predicted octanol–water partition coefficient (Wildman–Crippen LogP) is 2.55. The van der Waals surface area contributed by atoms with Crippen LogP contribution in [0.1, 0.15) is 50.9 Å². The Labute approximate surface area is 125 Å². The van der Waals surface area contributed by atoms with Crippen molar-refractivity contribution < 1.29 is 14.7 Å². The number of aromatic nitrogens is 1. The van der Waals surface area contributed by atoms with Crippen molar-refractivity contribution in [3.63, 3.8) is 0 Å². The fraction of sp³-hybridized carbons (Fsp3) is 0.562. The van der Waals surface area contributed by atoms with E-state index in [-0.39, 0.29) is 12.3 Å². The number of hydrogen-bond donors (Lipinski definition) is 1. The van der Waals surface area contributed by atoms with Crippen LogP contribution in [0.4, 0.5) is 0 Å². The van der Waals surface area contributed by atoms with Crippen molar-refractivity contribution in [2.24, 2.45) is 5.92 Å². The molecule has 0 aliphatic carbocycles. The van der Waals surface area contributed by atoms with Crippen molar-refractivity contribution in [3.05, 3.63) is 29.6 Å². The summed E-state index contributed by atoms with van der Waals surface area (Å²) in [5.74, 6) is -1.49. The van der Waals surface area contributed by atoms with E-state index >= 15 is 0 Å². The molecule has 2 heterocycles. The fourth-order valence-corrected chi connectivity index (χ4v) is 2.93. The Morgan fingerprint density at radius 3 is 2.52 bits per heavy atom. The van der Waals surface area contributed by atoms with Gasteiger partial charge in [0.25, 0.3) is 0 Å². The molecular formula is C16H22N2O3. The van der Waals surface area contributed by atoms with E-state index in [0.29, 0.717) is 12.1 Å². The van der Waals surface area contributed by atoms with Crippen LogP contribution in [0.3, 0.4) is 0 Å². The highest BCUT2D eigenvalue weighted by Gasteiger charge is 2.45. The quantitative estimate of drug-likeness (QED) is 0.908. The summed E-state index contributed by atoms with van der Waals surface area (Å²) in [6.45, 7) is 7.71. The van der Waals surface area contributed by atoms with Gasteiger partial charge in [-0.1, -0.05) is 6.07 Å². The molecule has 2 rings (SSSR count). The van der Waals surface area contributed by atoms with Crippen molar-refractivity contribution in [2.75, 3.05) is 0 Å². The second-order valence-electron chi connectivity index (χ2n) is 6.62. The molecule has 1 amide bonds. The summed E-state index contributed by atoms with van der Waals surface area (Å²) in [6, 6.07) is 3.22. The van der Waals surface area contributed by atoms with Gasteiger partial charge in [0, 0.05) is 18.2 Å². The average Bonchev–Trinajstić information content (AvgIpc) is 2.37. The molecule has 1 N–H and O–H groups in total. The van der Waals surface area contributed by atoms with Crippen LogP contribution in [-0.2, 0) is 9.59 Å². The third-order valence-corrected chi connectivity index (χ3v) is 3.87. The Bertz CT molecular complexity index is 546. The number of carbonyl (C=O) groups excluding carboxylic acids is 1. The van der Waals surface area contributed by atoms with Crippen LogP contribution in [0.2, 0.25) is 0 Å². The van der Waals surface area contributed by atoms with Crippen molar-refractivity contribution in [3.8, 4) is 0 Å². The molecule has 1 saturated heterocycles. The first kappa shape index (κ1) is 15.5. The highest BCUT2D eigenvalue weighted by atomic mass is 16.4. The molecular weight excluding hydrogens is 268 g/mol. The maximum Gasteiger partial charge on any atom is 0.309 e. The smallest absolute Gasteiger partial charge is 0.309 e. The number of carboxylic acids is 1. The summed E-state index contributed by atoms with van der Waals surface area (Å²) in [5.41, 5.74) is 1.22. The van der Waals surface area contributed by atoms with Gasteiger partial charge in [-0.3, -0.25) is 14.6 Å². The fourth-order valence-electron chi connectivity index (χ4n) is 2.93. The molecule has 2 unspecified atom stereocenters. The molecule has 1 fully saturated rings. The molecule has 0 spiro atoms. The lowest BCUT2D eigenvalue weighted by Crippen LogP contribution is -2.54. The van der Waals surface area contributed by atoms with Crippen molar-refractivity contribution in [1.29, 1.82) is 0 Å². The summed E-state index contributed by atoms with van der Waals surface area (Å²) >= 11 is 0. The summed E-state index contributed by atoms with van der Waals surface area (Å²) < 4.78 is 0. The summed E-state index contributed by atoms with van der Waals surface area (Å²) in [4.78, 5) is 30.0. The highest BCUT2D eigenvalue weighted by molar-refractivity contribution is 5.82. The Morgan fingerprint density at radius 1 is 1.38 bits per heavy atom. The second kappa shape index (κ2) is 5.47. The molecule has 0 radical (unpaired) electrons. The molecule has 1 aliphatic heterocycles. The summed E-state index contributed by atoms with van der Waals surface area (Å²) in [6.07, 6.45) is 2.35. The lowest BCUT2D eigenvalue weighted by Gasteiger charge is -2.46. The molecule has 21 heavy (non-hydrogen) atoms. The molecule has 5 heteroatoms.